The second-order valence-electron chi connectivity index (χ2n) is 4.03. The fourth-order valence-corrected chi connectivity index (χ4v) is 1.41. The summed E-state index contributed by atoms with van der Waals surface area (Å²) >= 11 is 0. The maximum Gasteiger partial charge on any atom is 0.320 e. The Balaban J connectivity index is 3.18. The van der Waals surface area contributed by atoms with E-state index in [9.17, 15) is 4.79 Å². The number of hydrogen-bond donors (Lipinski definition) is 3. The number of carboxylic acids is 1. The summed E-state index contributed by atoms with van der Waals surface area (Å²) in [6.07, 6.45) is 6.68. The van der Waals surface area contributed by atoms with Crippen molar-refractivity contribution in [3.63, 3.8) is 0 Å². The van der Waals surface area contributed by atoms with E-state index in [1.807, 2.05) is 6.92 Å². The first kappa shape index (κ1) is 14.1. The largest absolute Gasteiger partial charge is 0.480 e. The molecule has 15 heavy (non-hydrogen) atoms. The van der Waals surface area contributed by atoms with Gasteiger partial charge in [-0.3, -0.25) is 4.79 Å². The molecule has 0 fully saturated rings. The second kappa shape index (κ2) is 8.41. The summed E-state index contributed by atoms with van der Waals surface area (Å²) in [5, 5.41) is 15.8. The zero-order valence-corrected chi connectivity index (χ0v) is 9.46. The molecule has 1 atom stereocenters. The number of carbonyl (C=O) groups is 1. The van der Waals surface area contributed by atoms with Crippen LogP contribution >= 0.6 is 0 Å². The van der Waals surface area contributed by atoms with Gasteiger partial charge in [-0.1, -0.05) is 25.7 Å². The number of nitrogens with one attached hydrogen (secondary N) is 1. The molecule has 0 bridgehead atoms. The highest BCUT2D eigenvalue weighted by Crippen LogP contribution is 2.08. The molecule has 88 valence electrons. The van der Waals surface area contributed by atoms with Crippen molar-refractivity contribution in [2.45, 2.75) is 57.9 Å². The lowest BCUT2D eigenvalue weighted by Crippen LogP contribution is -2.29. The normalized spacial score (nSPS) is 12.4. The number of nitrogens with two attached hydrogens (primary N) is 1. The van der Waals surface area contributed by atoms with Crippen LogP contribution in [0.1, 0.15) is 51.9 Å². The van der Waals surface area contributed by atoms with Crippen molar-refractivity contribution in [1.29, 1.82) is 5.41 Å². The van der Waals surface area contributed by atoms with E-state index >= 15 is 0 Å². The smallest absolute Gasteiger partial charge is 0.320 e. The minimum Gasteiger partial charge on any atom is -0.480 e. The number of rotatable bonds is 9. The number of aliphatic carboxylic acids is 1. The van der Waals surface area contributed by atoms with E-state index in [2.05, 4.69) is 0 Å². The summed E-state index contributed by atoms with van der Waals surface area (Å²) in [4.78, 5) is 10.4. The molecule has 0 aliphatic rings. The van der Waals surface area contributed by atoms with Gasteiger partial charge in [-0.25, -0.2) is 0 Å². The molecule has 4 heteroatoms. The molecule has 0 rings (SSSR count). The lowest BCUT2D eigenvalue weighted by Gasteiger charge is -2.05. The van der Waals surface area contributed by atoms with Crippen LogP contribution in [0.4, 0.5) is 0 Å². The minimum atomic E-state index is -0.908. The summed E-state index contributed by atoms with van der Waals surface area (Å²) in [7, 11) is 0. The first-order valence-corrected chi connectivity index (χ1v) is 5.56. The first-order valence-electron chi connectivity index (χ1n) is 5.56. The van der Waals surface area contributed by atoms with Crippen molar-refractivity contribution in [3.8, 4) is 0 Å². The summed E-state index contributed by atoms with van der Waals surface area (Å²) in [5.74, 6) is -0.908. The SMILES string of the molecule is CC(=N)CCCCCCCC(N)C(=O)O. The highest BCUT2D eigenvalue weighted by molar-refractivity contribution is 5.78. The standard InChI is InChI=1S/C11H22N2O2/c1-9(12)7-5-3-2-4-6-8-10(13)11(14)15/h10,12H,2-8,13H2,1H3,(H,14,15). The van der Waals surface area contributed by atoms with Crippen LogP contribution in [0.5, 0.6) is 0 Å². The molecule has 4 N–H and O–H groups in total. The average molecular weight is 214 g/mol. The first-order chi connectivity index (χ1) is 7.04. The van der Waals surface area contributed by atoms with Crippen molar-refractivity contribution in [1.82, 2.24) is 0 Å². The third-order valence-electron chi connectivity index (χ3n) is 2.38. The van der Waals surface area contributed by atoms with Crippen LogP contribution in [0.3, 0.4) is 0 Å². The molecule has 4 nitrogen and oxygen atoms in total. The van der Waals surface area contributed by atoms with Gasteiger partial charge in [-0.05, 0) is 26.2 Å². The molecule has 0 aliphatic carbocycles. The zero-order valence-electron chi connectivity index (χ0n) is 9.46. The quantitative estimate of drug-likeness (QED) is 0.406. The summed E-state index contributed by atoms with van der Waals surface area (Å²) < 4.78 is 0. The Hall–Kier alpha value is -0.900. The molecule has 0 aliphatic heterocycles. The van der Waals surface area contributed by atoms with E-state index < -0.39 is 12.0 Å². The molecular weight excluding hydrogens is 192 g/mol. The van der Waals surface area contributed by atoms with Crippen LogP contribution in [-0.4, -0.2) is 22.8 Å². The van der Waals surface area contributed by atoms with Gasteiger partial charge in [0.25, 0.3) is 0 Å². The van der Waals surface area contributed by atoms with Gasteiger partial charge in [0.1, 0.15) is 6.04 Å². The van der Waals surface area contributed by atoms with Crippen LogP contribution in [0.15, 0.2) is 0 Å². The van der Waals surface area contributed by atoms with Crippen LogP contribution in [0, 0.1) is 5.41 Å². The molecule has 0 spiro atoms. The summed E-state index contributed by atoms with van der Waals surface area (Å²) in [5.41, 5.74) is 6.11. The Bertz CT molecular complexity index is 205. The van der Waals surface area contributed by atoms with Gasteiger partial charge in [0.2, 0.25) is 0 Å². The molecule has 0 saturated heterocycles. The van der Waals surface area contributed by atoms with Gasteiger partial charge in [0.15, 0.2) is 0 Å². The number of carboxylic acid groups (broad SMARTS) is 1. The van der Waals surface area contributed by atoms with E-state index in [4.69, 9.17) is 16.2 Å². The van der Waals surface area contributed by atoms with E-state index in [1.165, 1.54) is 0 Å². The molecule has 0 heterocycles. The molecule has 0 aromatic carbocycles. The van der Waals surface area contributed by atoms with Crippen molar-refractivity contribution in [3.05, 3.63) is 0 Å². The van der Waals surface area contributed by atoms with Crippen molar-refractivity contribution in [2.75, 3.05) is 0 Å². The average Bonchev–Trinajstić information content (AvgIpc) is 2.15. The van der Waals surface area contributed by atoms with Gasteiger partial charge in [0, 0.05) is 5.71 Å². The third-order valence-corrected chi connectivity index (χ3v) is 2.38. The fraction of sp³-hybridized carbons (Fsp3) is 0.818. The predicted molar refractivity (Wildman–Crippen MR) is 61.3 cm³/mol. The topological polar surface area (TPSA) is 87.2 Å². The Morgan fingerprint density at radius 3 is 2.33 bits per heavy atom. The lowest BCUT2D eigenvalue weighted by atomic mass is 10.1. The molecular formula is C11H22N2O2. The molecule has 0 aromatic rings. The maximum absolute atomic E-state index is 10.4. The monoisotopic (exact) mass is 214 g/mol. The number of unbranched alkanes of at least 4 members (excludes halogenated alkanes) is 4. The lowest BCUT2D eigenvalue weighted by molar-refractivity contribution is -0.138. The van der Waals surface area contributed by atoms with E-state index in [0.29, 0.717) is 6.42 Å². The highest BCUT2D eigenvalue weighted by atomic mass is 16.4. The molecule has 0 amide bonds. The molecule has 1 unspecified atom stereocenters. The predicted octanol–water partition coefficient (Wildman–Crippen LogP) is 2.17. The summed E-state index contributed by atoms with van der Waals surface area (Å²) in [6, 6.07) is -0.700. The molecule has 0 aromatic heterocycles. The highest BCUT2D eigenvalue weighted by Gasteiger charge is 2.09. The van der Waals surface area contributed by atoms with Crippen LogP contribution < -0.4 is 5.73 Å². The number of hydrogen-bond acceptors (Lipinski definition) is 3. The van der Waals surface area contributed by atoms with Crippen LogP contribution in [0.25, 0.3) is 0 Å². The zero-order chi connectivity index (χ0) is 11.7. The van der Waals surface area contributed by atoms with Gasteiger partial charge in [-0.15, -0.1) is 0 Å². The van der Waals surface area contributed by atoms with Crippen LogP contribution in [-0.2, 0) is 4.79 Å². The second-order valence-corrected chi connectivity index (χ2v) is 4.03. The van der Waals surface area contributed by atoms with Gasteiger partial charge >= 0.3 is 5.97 Å². The van der Waals surface area contributed by atoms with Crippen LogP contribution in [0.2, 0.25) is 0 Å². The summed E-state index contributed by atoms with van der Waals surface area (Å²) in [6.45, 7) is 1.83. The Labute approximate surface area is 91.4 Å². The fourth-order valence-electron chi connectivity index (χ4n) is 1.41. The van der Waals surface area contributed by atoms with E-state index in [-0.39, 0.29) is 0 Å². The van der Waals surface area contributed by atoms with E-state index in [0.717, 1.165) is 44.2 Å². The third kappa shape index (κ3) is 9.41. The van der Waals surface area contributed by atoms with E-state index in [1.54, 1.807) is 0 Å². The molecule has 0 radical (unpaired) electrons. The Morgan fingerprint density at radius 1 is 1.27 bits per heavy atom. The van der Waals surface area contributed by atoms with Gasteiger partial charge in [0.05, 0.1) is 0 Å². The van der Waals surface area contributed by atoms with Crippen molar-refractivity contribution >= 4 is 11.7 Å². The molecule has 0 saturated carbocycles. The van der Waals surface area contributed by atoms with Crippen molar-refractivity contribution < 1.29 is 9.90 Å². The van der Waals surface area contributed by atoms with Gasteiger partial charge in [-0.2, -0.15) is 0 Å². The van der Waals surface area contributed by atoms with Gasteiger partial charge < -0.3 is 16.2 Å². The minimum absolute atomic E-state index is 0.568. The Morgan fingerprint density at radius 2 is 1.80 bits per heavy atom. The Kier molecular flexibility index (Phi) is 7.91. The van der Waals surface area contributed by atoms with Crippen molar-refractivity contribution in [2.24, 2.45) is 5.73 Å². The maximum atomic E-state index is 10.4.